The van der Waals surface area contributed by atoms with Crippen molar-refractivity contribution in [2.45, 2.75) is 25.8 Å². The molecule has 0 amide bonds. The van der Waals surface area contributed by atoms with Gasteiger partial charge in [-0.05, 0) is 39.2 Å². The minimum atomic E-state index is 0.478. The fourth-order valence-corrected chi connectivity index (χ4v) is 1.66. The SMILES string of the molecule is CCCNC(Cc1ccco1)CN(C)C. The third-order valence-electron chi connectivity index (χ3n) is 2.30. The summed E-state index contributed by atoms with van der Waals surface area (Å²) in [5.74, 6) is 1.06. The van der Waals surface area contributed by atoms with Gasteiger partial charge in [-0.1, -0.05) is 6.92 Å². The molecule has 0 spiro atoms. The lowest BCUT2D eigenvalue weighted by Gasteiger charge is -2.21. The van der Waals surface area contributed by atoms with Crippen molar-refractivity contribution in [1.82, 2.24) is 10.2 Å². The Balaban J connectivity index is 2.41. The predicted molar refractivity (Wildman–Crippen MR) is 63.0 cm³/mol. The molecule has 15 heavy (non-hydrogen) atoms. The van der Waals surface area contributed by atoms with Crippen molar-refractivity contribution < 1.29 is 4.42 Å². The number of rotatable bonds is 7. The molecule has 0 radical (unpaired) electrons. The number of likely N-dealkylation sites (N-methyl/N-ethyl adjacent to an activating group) is 1. The molecule has 3 heteroatoms. The van der Waals surface area contributed by atoms with Crippen LogP contribution in [0.5, 0.6) is 0 Å². The van der Waals surface area contributed by atoms with Gasteiger partial charge in [-0.25, -0.2) is 0 Å². The highest BCUT2D eigenvalue weighted by atomic mass is 16.3. The quantitative estimate of drug-likeness (QED) is 0.743. The van der Waals surface area contributed by atoms with E-state index < -0.39 is 0 Å². The second-order valence-electron chi connectivity index (χ2n) is 4.20. The minimum absolute atomic E-state index is 0.478. The Labute approximate surface area is 92.5 Å². The molecule has 0 aliphatic heterocycles. The molecule has 0 aliphatic rings. The van der Waals surface area contributed by atoms with E-state index in [1.807, 2.05) is 12.1 Å². The summed E-state index contributed by atoms with van der Waals surface area (Å²) in [5, 5.41) is 3.54. The topological polar surface area (TPSA) is 28.4 Å². The van der Waals surface area contributed by atoms with Gasteiger partial charge in [0.25, 0.3) is 0 Å². The Morgan fingerprint density at radius 1 is 1.47 bits per heavy atom. The molecule has 0 aromatic carbocycles. The number of hydrogen-bond acceptors (Lipinski definition) is 3. The van der Waals surface area contributed by atoms with E-state index in [-0.39, 0.29) is 0 Å². The van der Waals surface area contributed by atoms with Gasteiger partial charge in [0.05, 0.1) is 6.26 Å². The highest BCUT2D eigenvalue weighted by Crippen LogP contribution is 2.04. The van der Waals surface area contributed by atoms with E-state index in [0.29, 0.717) is 6.04 Å². The van der Waals surface area contributed by atoms with Gasteiger partial charge in [0.15, 0.2) is 0 Å². The van der Waals surface area contributed by atoms with Crippen molar-refractivity contribution >= 4 is 0 Å². The van der Waals surface area contributed by atoms with Crippen molar-refractivity contribution in [2.75, 3.05) is 27.2 Å². The first-order valence-electron chi connectivity index (χ1n) is 5.63. The molecule has 1 heterocycles. The van der Waals surface area contributed by atoms with E-state index in [1.54, 1.807) is 6.26 Å². The van der Waals surface area contributed by atoms with E-state index in [2.05, 4.69) is 31.2 Å². The van der Waals surface area contributed by atoms with Crippen molar-refractivity contribution in [1.29, 1.82) is 0 Å². The van der Waals surface area contributed by atoms with Crippen LogP contribution in [0.1, 0.15) is 19.1 Å². The van der Waals surface area contributed by atoms with Gasteiger partial charge in [-0.15, -0.1) is 0 Å². The van der Waals surface area contributed by atoms with E-state index in [9.17, 15) is 0 Å². The van der Waals surface area contributed by atoms with E-state index >= 15 is 0 Å². The van der Waals surface area contributed by atoms with Crippen LogP contribution in [-0.4, -0.2) is 38.1 Å². The van der Waals surface area contributed by atoms with Gasteiger partial charge in [0.2, 0.25) is 0 Å². The Kier molecular flexibility index (Phi) is 5.43. The number of nitrogens with zero attached hydrogens (tertiary/aromatic N) is 1. The second kappa shape index (κ2) is 6.64. The standard InChI is InChI=1S/C12H22N2O/c1-4-7-13-11(10-14(2)3)9-12-6-5-8-15-12/h5-6,8,11,13H,4,7,9-10H2,1-3H3. The first-order chi connectivity index (χ1) is 7.22. The maximum atomic E-state index is 5.37. The molecule has 86 valence electrons. The van der Waals surface area contributed by atoms with Crippen LogP contribution < -0.4 is 5.32 Å². The largest absolute Gasteiger partial charge is 0.469 e. The third-order valence-corrected chi connectivity index (χ3v) is 2.30. The van der Waals surface area contributed by atoms with Crippen LogP contribution in [0.3, 0.4) is 0 Å². The molecule has 1 atom stereocenters. The lowest BCUT2D eigenvalue weighted by atomic mass is 10.1. The molecule has 1 aromatic rings. The number of hydrogen-bond donors (Lipinski definition) is 1. The summed E-state index contributed by atoms with van der Waals surface area (Å²) < 4.78 is 5.37. The van der Waals surface area contributed by atoms with Crippen LogP contribution in [0.2, 0.25) is 0 Å². The molecule has 0 saturated carbocycles. The van der Waals surface area contributed by atoms with Crippen LogP contribution in [-0.2, 0) is 6.42 Å². The van der Waals surface area contributed by atoms with E-state index in [1.165, 1.54) is 6.42 Å². The van der Waals surface area contributed by atoms with Crippen molar-refractivity contribution in [3.05, 3.63) is 24.2 Å². The summed E-state index contributed by atoms with van der Waals surface area (Å²) in [7, 11) is 4.20. The normalized spacial score (nSPS) is 13.3. The summed E-state index contributed by atoms with van der Waals surface area (Å²) in [5.41, 5.74) is 0. The first-order valence-corrected chi connectivity index (χ1v) is 5.63. The lowest BCUT2D eigenvalue weighted by molar-refractivity contribution is 0.324. The van der Waals surface area contributed by atoms with Gasteiger partial charge in [0.1, 0.15) is 5.76 Å². The highest BCUT2D eigenvalue weighted by molar-refractivity contribution is 5.00. The van der Waals surface area contributed by atoms with Crippen LogP contribution in [0.4, 0.5) is 0 Å². The fourth-order valence-electron chi connectivity index (χ4n) is 1.66. The number of nitrogens with one attached hydrogen (secondary N) is 1. The molecule has 3 nitrogen and oxygen atoms in total. The van der Waals surface area contributed by atoms with Crippen molar-refractivity contribution in [3.8, 4) is 0 Å². The molecule has 1 aromatic heterocycles. The number of furan rings is 1. The van der Waals surface area contributed by atoms with Gasteiger partial charge in [-0.2, -0.15) is 0 Å². The third kappa shape index (κ3) is 5.00. The summed E-state index contributed by atoms with van der Waals surface area (Å²) in [6.07, 6.45) is 3.87. The molecular weight excluding hydrogens is 188 g/mol. The highest BCUT2D eigenvalue weighted by Gasteiger charge is 2.11. The predicted octanol–water partition coefficient (Wildman–Crippen LogP) is 1.75. The molecule has 0 saturated heterocycles. The van der Waals surface area contributed by atoms with Crippen LogP contribution in [0.25, 0.3) is 0 Å². The zero-order chi connectivity index (χ0) is 11.1. The second-order valence-corrected chi connectivity index (χ2v) is 4.20. The summed E-state index contributed by atoms with van der Waals surface area (Å²) >= 11 is 0. The summed E-state index contributed by atoms with van der Waals surface area (Å²) in [6.45, 7) is 4.30. The van der Waals surface area contributed by atoms with Gasteiger partial charge in [0, 0.05) is 19.0 Å². The monoisotopic (exact) mass is 210 g/mol. The Bertz CT molecular complexity index is 244. The Morgan fingerprint density at radius 3 is 2.80 bits per heavy atom. The summed E-state index contributed by atoms with van der Waals surface area (Å²) in [4.78, 5) is 2.20. The fraction of sp³-hybridized carbons (Fsp3) is 0.667. The molecular formula is C12H22N2O. The molecule has 1 N–H and O–H groups in total. The maximum Gasteiger partial charge on any atom is 0.105 e. The Hall–Kier alpha value is -0.800. The van der Waals surface area contributed by atoms with Gasteiger partial charge in [-0.3, -0.25) is 0 Å². The average Bonchev–Trinajstić information content (AvgIpc) is 2.66. The minimum Gasteiger partial charge on any atom is -0.469 e. The average molecular weight is 210 g/mol. The van der Waals surface area contributed by atoms with Gasteiger partial charge >= 0.3 is 0 Å². The van der Waals surface area contributed by atoms with Crippen molar-refractivity contribution in [3.63, 3.8) is 0 Å². The molecule has 1 unspecified atom stereocenters. The van der Waals surface area contributed by atoms with E-state index in [0.717, 1.165) is 25.3 Å². The smallest absolute Gasteiger partial charge is 0.105 e. The molecule has 0 fully saturated rings. The van der Waals surface area contributed by atoms with Crippen molar-refractivity contribution in [2.24, 2.45) is 0 Å². The maximum absolute atomic E-state index is 5.37. The van der Waals surface area contributed by atoms with Gasteiger partial charge < -0.3 is 14.6 Å². The molecule has 1 rings (SSSR count). The van der Waals surface area contributed by atoms with Crippen LogP contribution in [0, 0.1) is 0 Å². The van der Waals surface area contributed by atoms with Crippen LogP contribution >= 0.6 is 0 Å². The van der Waals surface area contributed by atoms with Crippen LogP contribution in [0.15, 0.2) is 22.8 Å². The van der Waals surface area contributed by atoms with E-state index in [4.69, 9.17) is 4.42 Å². The molecule has 0 aliphatic carbocycles. The molecule has 0 bridgehead atoms. The first kappa shape index (κ1) is 12.3. The Morgan fingerprint density at radius 2 is 2.27 bits per heavy atom. The lowest BCUT2D eigenvalue weighted by Crippen LogP contribution is -2.40. The summed E-state index contributed by atoms with van der Waals surface area (Å²) in [6, 6.07) is 4.46. The zero-order valence-electron chi connectivity index (χ0n) is 9.99. The zero-order valence-corrected chi connectivity index (χ0v) is 9.99.